The molecule has 0 bridgehead atoms. The highest BCUT2D eigenvalue weighted by Gasteiger charge is 1.89. The number of nitrogens with two attached hydrogens (primary N) is 2. The molecule has 0 spiro atoms. The second-order valence-corrected chi connectivity index (χ2v) is 5.03. The van der Waals surface area contributed by atoms with Crippen LogP contribution >= 0.6 is 21.6 Å². The van der Waals surface area contributed by atoms with Gasteiger partial charge < -0.3 is 16.8 Å². The van der Waals surface area contributed by atoms with Crippen LogP contribution < -0.4 is 16.8 Å². The molecule has 0 aliphatic carbocycles. The van der Waals surface area contributed by atoms with Gasteiger partial charge >= 0.3 is 0 Å². The Bertz CT molecular complexity index is 73.1. The van der Waals surface area contributed by atoms with Crippen LogP contribution in [0.2, 0.25) is 0 Å². The maximum Gasteiger partial charge on any atom is 0.0162 e. The predicted octanol–water partition coefficient (Wildman–Crippen LogP) is 0.265. The standard InChI is InChI=1S/C7H19N3S2/c8-2-1-4-10-5-7-12-11-6-3-9/h10H,1-9H2. The molecule has 0 fully saturated rings. The molecule has 0 radical (unpaired) electrons. The zero-order chi connectivity index (χ0) is 9.07. The van der Waals surface area contributed by atoms with Crippen LogP contribution in [0.25, 0.3) is 0 Å². The smallest absolute Gasteiger partial charge is 0.0162 e. The largest absolute Gasteiger partial charge is 0.330 e. The summed E-state index contributed by atoms with van der Waals surface area (Å²) in [5, 5.41) is 3.32. The quantitative estimate of drug-likeness (QED) is 0.376. The Morgan fingerprint density at radius 1 is 0.917 bits per heavy atom. The van der Waals surface area contributed by atoms with Gasteiger partial charge in [-0.05, 0) is 19.5 Å². The van der Waals surface area contributed by atoms with Gasteiger partial charge in [0, 0.05) is 24.6 Å². The van der Waals surface area contributed by atoms with Gasteiger partial charge in [0.05, 0.1) is 0 Å². The van der Waals surface area contributed by atoms with E-state index in [0.717, 1.165) is 44.1 Å². The first-order chi connectivity index (χ1) is 5.91. The van der Waals surface area contributed by atoms with Crippen molar-refractivity contribution >= 4 is 21.6 Å². The Labute approximate surface area is 82.8 Å². The first kappa shape index (κ1) is 12.6. The first-order valence-electron chi connectivity index (χ1n) is 4.27. The summed E-state index contributed by atoms with van der Waals surface area (Å²) in [6.07, 6.45) is 1.07. The van der Waals surface area contributed by atoms with Gasteiger partial charge in [0.1, 0.15) is 0 Å². The SMILES string of the molecule is NCCCNCCSSCCN. The molecule has 0 heterocycles. The lowest BCUT2D eigenvalue weighted by Crippen LogP contribution is -2.20. The van der Waals surface area contributed by atoms with Crippen LogP contribution in [0.5, 0.6) is 0 Å². The molecule has 0 unspecified atom stereocenters. The lowest BCUT2D eigenvalue weighted by molar-refractivity contribution is 0.683. The molecule has 0 atom stereocenters. The summed E-state index contributed by atoms with van der Waals surface area (Å²) in [4.78, 5) is 0. The molecular weight excluding hydrogens is 190 g/mol. The van der Waals surface area contributed by atoms with Crippen LogP contribution in [0.15, 0.2) is 0 Å². The molecule has 3 nitrogen and oxygen atoms in total. The molecule has 5 heteroatoms. The second kappa shape index (κ2) is 11.6. The van der Waals surface area contributed by atoms with Crippen molar-refractivity contribution in [2.75, 3.05) is 37.7 Å². The zero-order valence-corrected chi connectivity index (χ0v) is 9.05. The molecule has 0 saturated carbocycles. The maximum atomic E-state index is 5.35. The van der Waals surface area contributed by atoms with Crippen LogP contribution in [0, 0.1) is 0 Å². The zero-order valence-electron chi connectivity index (χ0n) is 7.42. The monoisotopic (exact) mass is 209 g/mol. The van der Waals surface area contributed by atoms with E-state index in [4.69, 9.17) is 11.5 Å². The van der Waals surface area contributed by atoms with Crippen LogP contribution in [0.1, 0.15) is 6.42 Å². The molecule has 0 aromatic carbocycles. The van der Waals surface area contributed by atoms with E-state index in [2.05, 4.69) is 5.32 Å². The van der Waals surface area contributed by atoms with E-state index in [1.807, 2.05) is 21.6 Å². The summed E-state index contributed by atoms with van der Waals surface area (Å²) in [5.41, 5.74) is 10.7. The summed E-state index contributed by atoms with van der Waals surface area (Å²) in [5.74, 6) is 2.20. The topological polar surface area (TPSA) is 64.1 Å². The highest BCUT2D eigenvalue weighted by molar-refractivity contribution is 8.76. The molecule has 0 rings (SSSR count). The summed E-state index contributed by atoms with van der Waals surface area (Å²) < 4.78 is 0. The van der Waals surface area contributed by atoms with Gasteiger partial charge in [-0.2, -0.15) is 0 Å². The highest BCUT2D eigenvalue weighted by Crippen LogP contribution is 2.18. The van der Waals surface area contributed by atoms with Gasteiger partial charge in [-0.1, -0.05) is 21.6 Å². The van der Waals surface area contributed by atoms with Gasteiger partial charge in [-0.25, -0.2) is 0 Å². The minimum absolute atomic E-state index is 0.776. The fraction of sp³-hybridized carbons (Fsp3) is 1.00. The fourth-order valence-electron chi connectivity index (χ4n) is 0.632. The second-order valence-electron chi connectivity index (χ2n) is 2.32. The average molecular weight is 209 g/mol. The molecule has 0 aliphatic rings. The number of nitrogens with one attached hydrogen (secondary N) is 1. The van der Waals surface area contributed by atoms with Crippen molar-refractivity contribution in [2.45, 2.75) is 6.42 Å². The van der Waals surface area contributed by atoms with Crippen molar-refractivity contribution in [3.8, 4) is 0 Å². The van der Waals surface area contributed by atoms with E-state index in [1.54, 1.807) is 0 Å². The van der Waals surface area contributed by atoms with E-state index in [0.29, 0.717) is 0 Å². The minimum atomic E-state index is 0.776. The van der Waals surface area contributed by atoms with Gasteiger partial charge in [0.2, 0.25) is 0 Å². The van der Waals surface area contributed by atoms with Gasteiger partial charge in [-0.3, -0.25) is 0 Å². The van der Waals surface area contributed by atoms with Crippen LogP contribution in [-0.2, 0) is 0 Å². The van der Waals surface area contributed by atoms with E-state index in [9.17, 15) is 0 Å². The Kier molecular flexibility index (Phi) is 12.1. The molecule has 0 aromatic heterocycles. The summed E-state index contributed by atoms with van der Waals surface area (Å²) >= 11 is 0. The molecule has 0 aromatic rings. The van der Waals surface area contributed by atoms with E-state index in [1.165, 1.54) is 0 Å². The summed E-state index contributed by atoms with van der Waals surface area (Å²) in [7, 11) is 3.72. The molecule has 12 heavy (non-hydrogen) atoms. The normalized spacial score (nSPS) is 10.5. The maximum absolute atomic E-state index is 5.35. The van der Waals surface area contributed by atoms with Crippen molar-refractivity contribution in [1.29, 1.82) is 0 Å². The number of hydrogen-bond acceptors (Lipinski definition) is 5. The van der Waals surface area contributed by atoms with E-state index in [-0.39, 0.29) is 0 Å². The molecule has 0 aliphatic heterocycles. The molecular formula is C7H19N3S2. The molecule has 5 N–H and O–H groups in total. The fourth-order valence-corrected chi connectivity index (χ4v) is 2.44. The predicted molar refractivity (Wildman–Crippen MR) is 60.5 cm³/mol. The van der Waals surface area contributed by atoms with Crippen LogP contribution in [0.3, 0.4) is 0 Å². The minimum Gasteiger partial charge on any atom is -0.330 e. The Morgan fingerprint density at radius 2 is 1.67 bits per heavy atom. The first-order valence-corrected chi connectivity index (χ1v) is 6.76. The number of hydrogen-bond donors (Lipinski definition) is 3. The summed E-state index contributed by atoms with van der Waals surface area (Å²) in [6.45, 7) is 3.67. The van der Waals surface area contributed by atoms with Crippen molar-refractivity contribution in [3.05, 3.63) is 0 Å². The van der Waals surface area contributed by atoms with Crippen molar-refractivity contribution in [1.82, 2.24) is 5.32 Å². The summed E-state index contributed by atoms with van der Waals surface area (Å²) in [6, 6.07) is 0. The van der Waals surface area contributed by atoms with E-state index >= 15 is 0 Å². The van der Waals surface area contributed by atoms with Crippen LogP contribution in [-0.4, -0.2) is 37.7 Å². The average Bonchev–Trinajstić information content (AvgIpc) is 2.10. The molecule has 0 amide bonds. The third-order valence-electron chi connectivity index (χ3n) is 1.20. The van der Waals surface area contributed by atoms with Crippen molar-refractivity contribution in [3.63, 3.8) is 0 Å². The third kappa shape index (κ3) is 10.6. The molecule has 74 valence electrons. The Hall–Kier alpha value is 0.580. The van der Waals surface area contributed by atoms with Crippen molar-refractivity contribution in [2.24, 2.45) is 11.5 Å². The highest BCUT2D eigenvalue weighted by atomic mass is 33.1. The lowest BCUT2D eigenvalue weighted by Gasteiger charge is -2.02. The van der Waals surface area contributed by atoms with Gasteiger partial charge in [-0.15, -0.1) is 0 Å². The number of rotatable bonds is 9. The lowest BCUT2D eigenvalue weighted by atomic mass is 10.4. The molecule has 0 saturated heterocycles. The van der Waals surface area contributed by atoms with Crippen LogP contribution in [0.4, 0.5) is 0 Å². The Morgan fingerprint density at radius 3 is 2.33 bits per heavy atom. The van der Waals surface area contributed by atoms with E-state index < -0.39 is 0 Å². The van der Waals surface area contributed by atoms with Gasteiger partial charge in [0.15, 0.2) is 0 Å². The third-order valence-corrected chi connectivity index (χ3v) is 3.64. The Balaban J connectivity index is 2.73. The van der Waals surface area contributed by atoms with Gasteiger partial charge in [0.25, 0.3) is 0 Å². The van der Waals surface area contributed by atoms with Crippen molar-refractivity contribution < 1.29 is 0 Å².